The molecule has 0 spiro atoms. The normalized spacial score (nSPS) is 43.0. The van der Waals surface area contributed by atoms with Crippen LogP contribution in [0.4, 0.5) is 0 Å². The van der Waals surface area contributed by atoms with Crippen molar-refractivity contribution in [2.45, 2.75) is 78.4 Å². The molecule has 4 aliphatic rings. The first-order valence-electron chi connectivity index (χ1n) is 11.5. The average Bonchev–Trinajstić information content (AvgIpc) is 3.26. The molecule has 3 saturated carbocycles. The van der Waals surface area contributed by atoms with Crippen LogP contribution in [0, 0.1) is 28.6 Å². The van der Waals surface area contributed by atoms with Gasteiger partial charge in [0.25, 0.3) is 0 Å². The molecule has 1 aromatic rings. The first-order chi connectivity index (χ1) is 13.8. The molecule has 4 heteroatoms. The molecule has 0 aliphatic heterocycles. The Balaban J connectivity index is 1.46. The fraction of sp³-hybridized carbons (Fsp3) is 0.680. The summed E-state index contributed by atoms with van der Waals surface area (Å²) in [5.74, 6) is 2.07. The average molecular weight is 395 g/mol. The van der Waals surface area contributed by atoms with Gasteiger partial charge < -0.3 is 5.11 Å². The number of aliphatic hydroxyl groups excluding tert-OH is 1. The predicted molar refractivity (Wildman–Crippen MR) is 114 cm³/mol. The van der Waals surface area contributed by atoms with Crippen molar-refractivity contribution in [2.24, 2.45) is 28.6 Å². The van der Waals surface area contributed by atoms with Crippen molar-refractivity contribution in [1.29, 1.82) is 0 Å². The molecule has 5 rings (SSSR count). The van der Waals surface area contributed by atoms with Gasteiger partial charge in [-0.05, 0) is 86.7 Å². The number of carbonyl (C=O) groups is 1. The zero-order valence-electron chi connectivity index (χ0n) is 18.0. The fourth-order valence-corrected chi connectivity index (χ4v) is 7.27. The number of ketones is 1. The highest BCUT2D eigenvalue weighted by molar-refractivity contribution is 6.05. The number of carbonyl (C=O) groups excluding carboxylic acids is 1. The van der Waals surface area contributed by atoms with Gasteiger partial charge in [0.1, 0.15) is 0 Å². The number of Topliss-reactive ketones (excluding diaryl/α,β-unsaturated/α-hetero) is 1. The lowest BCUT2D eigenvalue weighted by Gasteiger charge is -2.56. The van der Waals surface area contributed by atoms with Crippen molar-refractivity contribution in [2.75, 3.05) is 0 Å². The Labute approximate surface area is 174 Å². The van der Waals surface area contributed by atoms with Crippen molar-refractivity contribution < 1.29 is 9.90 Å². The zero-order valence-corrected chi connectivity index (χ0v) is 18.0. The molecule has 4 nitrogen and oxygen atoms in total. The number of rotatable bonds is 2. The van der Waals surface area contributed by atoms with Gasteiger partial charge in [0.2, 0.25) is 0 Å². The minimum atomic E-state index is -0.205. The minimum Gasteiger partial charge on any atom is -0.393 e. The molecule has 0 bridgehead atoms. The number of aryl methyl sites for hydroxylation is 1. The summed E-state index contributed by atoms with van der Waals surface area (Å²) in [6.45, 7) is 7.61. The molecule has 0 saturated heterocycles. The summed E-state index contributed by atoms with van der Waals surface area (Å²) in [6, 6.07) is 0. The molecule has 29 heavy (non-hydrogen) atoms. The van der Waals surface area contributed by atoms with Crippen LogP contribution < -0.4 is 0 Å². The van der Waals surface area contributed by atoms with E-state index in [0.29, 0.717) is 23.5 Å². The SMILES string of the molecule is CCn1cc(/C=C2/C[C@@H]3[C@H]4CC=C5C[C@H](O)CC[C@]5(C)[C@@H]4CC[C@]3(C)C2=O)cn1. The molecule has 156 valence electrons. The van der Waals surface area contributed by atoms with E-state index in [2.05, 4.69) is 38.0 Å². The van der Waals surface area contributed by atoms with E-state index in [1.54, 1.807) is 0 Å². The molecule has 1 N–H and O–H groups in total. The minimum absolute atomic E-state index is 0.161. The van der Waals surface area contributed by atoms with Gasteiger partial charge in [0.05, 0.1) is 12.3 Å². The number of aromatic nitrogens is 2. The quantitative estimate of drug-likeness (QED) is 0.580. The topological polar surface area (TPSA) is 55.1 Å². The van der Waals surface area contributed by atoms with E-state index in [1.807, 2.05) is 17.1 Å². The smallest absolute Gasteiger partial charge is 0.165 e. The van der Waals surface area contributed by atoms with Crippen LogP contribution in [0.25, 0.3) is 6.08 Å². The van der Waals surface area contributed by atoms with Crippen LogP contribution in [0.1, 0.15) is 71.3 Å². The predicted octanol–water partition coefficient (Wildman–Crippen LogP) is 4.79. The van der Waals surface area contributed by atoms with E-state index in [9.17, 15) is 9.90 Å². The highest BCUT2D eigenvalue weighted by Gasteiger charge is 2.59. The third-order valence-electron chi connectivity index (χ3n) is 9.04. The van der Waals surface area contributed by atoms with Crippen molar-refractivity contribution in [3.63, 3.8) is 0 Å². The second-order valence-electron chi connectivity index (χ2n) is 10.4. The maximum Gasteiger partial charge on any atom is 0.165 e. The van der Waals surface area contributed by atoms with Crippen LogP contribution in [0.5, 0.6) is 0 Å². The lowest BCUT2D eigenvalue weighted by molar-refractivity contribution is -0.130. The van der Waals surface area contributed by atoms with Crippen molar-refractivity contribution in [3.8, 4) is 0 Å². The molecule has 1 heterocycles. The lowest BCUT2D eigenvalue weighted by atomic mass is 9.48. The van der Waals surface area contributed by atoms with Crippen molar-refractivity contribution in [1.82, 2.24) is 9.78 Å². The second kappa shape index (κ2) is 6.66. The molecule has 3 fully saturated rings. The van der Waals surface area contributed by atoms with E-state index in [0.717, 1.165) is 62.6 Å². The Morgan fingerprint density at radius 3 is 2.76 bits per heavy atom. The van der Waals surface area contributed by atoms with Gasteiger partial charge in [-0.15, -0.1) is 0 Å². The third-order valence-corrected chi connectivity index (χ3v) is 9.04. The molecule has 0 amide bonds. The van der Waals surface area contributed by atoms with Crippen LogP contribution in [0.2, 0.25) is 0 Å². The van der Waals surface area contributed by atoms with E-state index in [1.165, 1.54) is 5.57 Å². The number of hydrogen-bond acceptors (Lipinski definition) is 3. The molecule has 1 aromatic heterocycles. The second-order valence-corrected chi connectivity index (χ2v) is 10.4. The first-order valence-corrected chi connectivity index (χ1v) is 11.5. The standard InChI is InChI=1S/C25H34N2O2/c1-4-27-15-16(14-26-27)11-17-12-22-20-6-5-18-13-19(28)7-9-24(18,2)21(20)8-10-25(22,3)23(17)29/h5,11,14-15,19-22,28H,4,6-10,12-13H2,1-3H3/b17-11-/t19-,20+,21-,22-,24+,25+/m1/s1. The number of allylic oxidation sites excluding steroid dienone is 2. The first kappa shape index (κ1) is 19.3. The lowest BCUT2D eigenvalue weighted by Crippen LogP contribution is -2.50. The van der Waals surface area contributed by atoms with E-state index in [-0.39, 0.29) is 16.9 Å². The summed E-state index contributed by atoms with van der Waals surface area (Å²) in [4.78, 5) is 13.5. The summed E-state index contributed by atoms with van der Waals surface area (Å²) in [7, 11) is 0. The Morgan fingerprint density at radius 1 is 1.21 bits per heavy atom. The summed E-state index contributed by atoms with van der Waals surface area (Å²) >= 11 is 0. The Kier molecular flexibility index (Phi) is 4.43. The number of fused-ring (bicyclic) bond motifs is 5. The van der Waals surface area contributed by atoms with E-state index in [4.69, 9.17) is 0 Å². The maximum absolute atomic E-state index is 13.5. The van der Waals surface area contributed by atoms with E-state index < -0.39 is 0 Å². The van der Waals surface area contributed by atoms with Crippen molar-refractivity contribution in [3.05, 3.63) is 35.2 Å². The molecule has 4 aliphatic carbocycles. The van der Waals surface area contributed by atoms with Gasteiger partial charge in [-0.3, -0.25) is 9.48 Å². The maximum atomic E-state index is 13.5. The third kappa shape index (κ3) is 2.82. The van der Waals surface area contributed by atoms with Crippen LogP contribution in [-0.2, 0) is 11.3 Å². The van der Waals surface area contributed by atoms with Crippen LogP contribution in [-0.4, -0.2) is 26.8 Å². The van der Waals surface area contributed by atoms with Gasteiger partial charge in [-0.2, -0.15) is 5.10 Å². The summed E-state index contributed by atoms with van der Waals surface area (Å²) in [5.41, 5.74) is 3.57. The number of hydrogen-bond donors (Lipinski definition) is 1. The number of nitrogens with zero attached hydrogens (tertiary/aromatic N) is 2. The van der Waals surface area contributed by atoms with Gasteiger partial charge in [-0.25, -0.2) is 0 Å². The van der Waals surface area contributed by atoms with Gasteiger partial charge >= 0.3 is 0 Å². The molecule has 6 atom stereocenters. The van der Waals surface area contributed by atoms with Crippen LogP contribution in [0.3, 0.4) is 0 Å². The van der Waals surface area contributed by atoms with Crippen LogP contribution >= 0.6 is 0 Å². The zero-order chi connectivity index (χ0) is 20.4. The monoisotopic (exact) mass is 394 g/mol. The van der Waals surface area contributed by atoms with Crippen molar-refractivity contribution >= 4 is 11.9 Å². The summed E-state index contributed by atoms with van der Waals surface area (Å²) in [5, 5.41) is 14.5. The van der Waals surface area contributed by atoms with Gasteiger partial charge in [-0.1, -0.05) is 25.5 Å². The number of aliphatic hydroxyl groups is 1. The highest BCUT2D eigenvalue weighted by atomic mass is 16.3. The molecular weight excluding hydrogens is 360 g/mol. The van der Waals surface area contributed by atoms with Gasteiger partial charge in [0.15, 0.2) is 5.78 Å². The Morgan fingerprint density at radius 2 is 2.00 bits per heavy atom. The van der Waals surface area contributed by atoms with Crippen LogP contribution in [0.15, 0.2) is 29.6 Å². The highest BCUT2D eigenvalue weighted by Crippen LogP contribution is 2.64. The fourth-order valence-electron chi connectivity index (χ4n) is 7.27. The summed E-state index contributed by atoms with van der Waals surface area (Å²) < 4.78 is 1.92. The summed E-state index contributed by atoms with van der Waals surface area (Å²) in [6.07, 6.45) is 15.3. The van der Waals surface area contributed by atoms with Gasteiger partial charge in [0, 0.05) is 23.7 Å². The Bertz CT molecular complexity index is 896. The Hall–Kier alpha value is -1.68. The molecule has 0 unspecified atom stereocenters. The molecule has 0 radical (unpaired) electrons. The van der Waals surface area contributed by atoms with E-state index >= 15 is 0 Å². The largest absolute Gasteiger partial charge is 0.393 e. The molecular formula is C25H34N2O2. The molecule has 0 aromatic carbocycles.